The van der Waals surface area contributed by atoms with Crippen LogP contribution in [0, 0.1) is 0 Å². The number of nitrogens with one attached hydrogen (secondary N) is 1. The molecule has 3 atom stereocenters. The van der Waals surface area contributed by atoms with Crippen molar-refractivity contribution in [2.24, 2.45) is 0 Å². The van der Waals surface area contributed by atoms with Gasteiger partial charge in [0.2, 0.25) is 17.6 Å². The molecule has 0 aliphatic carbocycles. The number of amides is 1. The molecule has 9 heteroatoms. The van der Waals surface area contributed by atoms with Crippen molar-refractivity contribution in [2.75, 3.05) is 19.6 Å². The second-order valence-corrected chi connectivity index (χ2v) is 7.37. The maximum Gasteiger partial charge on any atom is 0.239 e. The molecule has 0 spiro atoms. The number of benzene rings is 1. The summed E-state index contributed by atoms with van der Waals surface area (Å²) in [6.07, 6.45) is 1.83. The third-order valence-electron chi connectivity index (χ3n) is 5.03. The van der Waals surface area contributed by atoms with Crippen molar-refractivity contribution in [1.29, 1.82) is 0 Å². The van der Waals surface area contributed by atoms with E-state index in [4.69, 9.17) is 16.1 Å². The third kappa shape index (κ3) is 4.43. The van der Waals surface area contributed by atoms with Gasteiger partial charge in [-0.1, -0.05) is 16.8 Å². The van der Waals surface area contributed by atoms with E-state index >= 15 is 0 Å². The third-order valence-corrected chi connectivity index (χ3v) is 5.28. The number of aromatic nitrogens is 2. The van der Waals surface area contributed by atoms with Gasteiger partial charge in [0.15, 0.2) is 0 Å². The van der Waals surface area contributed by atoms with Crippen LogP contribution in [0.2, 0.25) is 5.02 Å². The lowest BCUT2D eigenvalue weighted by atomic mass is 9.97. The number of carbonyl (C=O) groups is 1. The maximum absolute atomic E-state index is 12.7. The van der Waals surface area contributed by atoms with Gasteiger partial charge >= 0.3 is 0 Å². The number of nitrogens with zero attached hydrogens (tertiary/aromatic N) is 3. The van der Waals surface area contributed by atoms with Crippen LogP contribution >= 0.6 is 24.0 Å². The van der Waals surface area contributed by atoms with Crippen LogP contribution in [0.3, 0.4) is 0 Å². The van der Waals surface area contributed by atoms with E-state index in [1.165, 1.54) is 0 Å². The molecule has 0 radical (unpaired) electrons. The molecule has 2 aliphatic heterocycles. The van der Waals surface area contributed by atoms with Crippen molar-refractivity contribution in [3.8, 4) is 11.4 Å². The first-order valence-corrected chi connectivity index (χ1v) is 9.28. The van der Waals surface area contributed by atoms with Crippen molar-refractivity contribution in [3.63, 3.8) is 0 Å². The first-order chi connectivity index (χ1) is 12.6. The lowest BCUT2D eigenvalue weighted by molar-refractivity contribution is -0.134. The largest absolute Gasteiger partial charge is 0.392 e. The molecule has 1 aromatic carbocycles. The number of rotatable bonds is 3. The summed E-state index contributed by atoms with van der Waals surface area (Å²) < 4.78 is 5.47. The normalized spacial score (nSPS) is 25.3. The fourth-order valence-corrected chi connectivity index (χ4v) is 3.75. The molecule has 0 bridgehead atoms. The summed E-state index contributed by atoms with van der Waals surface area (Å²) in [5.74, 6) is 1.17. The Bertz CT molecular complexity index is 783. The highest BCUT2D eigenvalue weighted by atomic mass is 35.5. The zero-order valence-electron chi connectivity index (χ0n) is 14.7. The number of β-amino-alcohol motifs (C(OH)–C–C–N with tert-alkyl or cyclic N) is 1. The van der Waals surface area contributed by atoms with Gasteiger partial charge < -0.3 is 19.8 Å². The molecule has 2 fully saturated rings. The Morgan fingerprint density at radius 2 is 2.11 bits per heavy atom. The molecule has 27 heavy (non-hydrogen) atoms. The van der Waals surface area contributed by atoms with Crippen molar-refractivity contribution >= 4 is 29.9 Å². The SMILES string of the molecule is Cl.O=C(C1CC(O)CN1)N1CCCC(c2nc(-c3ccc(Cl)cc3)no2)C1. The van der Waals surface area contributed by atoms with E-state index < -0.39 is 6.10 Å². The summed E-state index contributed by atoms with van der Waals surface area (Å²) in [5.41, 5.74) is 0.845. The van der Waals surface area contributed by atoms with Gasteiger partial charge in [-0.15, -0.1) is 12.4 Å². The maximum atomic E-state index is 12.7. The van der Waals surface area contributed by atoms with E-state index in [1.54, 1.807) is 12.1 Å². The van der Waals surface area contributed by atoms with Gasteiger partial charge in [0.05, 0.1) is 18.1 Å². The second-order valence-electron chi connectivity index (χ2n) is 6.94. The highest BCUT2D eigenvalue weighted by Crippen LogP contribution is 2.28. The summed E-state index contributed by atoms with van der Waals surface area (Å²) in [7, 11) is 0. The smallest absolute Gasteiger partial charge is 0.239 e. The van der Waals surface area contributed by atoms with Crippen molar-refractivity contribution in [1.82, 2.24) is 20.4 Å². The first kappa shape index (κ1) is 20.1. The second kappa shape index (κ2) is 8.56. The topological polar surface area (TPSA) is 91.5 Å². The molecule has 4 rings (SSSR count). The van der Waals surface area contributed by atoms with Crippen LogP contribution in [0.1, 0.15) is 31.1 Å². The molecule has 1 amide bonds. The van der Waals surface area contributed by atoms with Crippen molar-refractivity contribution in [2.45, 2.75) is 37.3 Å². The molecular weight excluding hydrogens is 391 g/mol. The van der Waals surface area contributed by atoms with Crippen LogP contribution < -0.4 is 5.32 Å². The fourth-order valence-electron chi connectivity index (χ4n) is 3.62. The quantitative estimate of drug-likeness (QED) is 0.802. The lowest BCUT2D eigenvalue weighted by Gasteiger charge is -2.32. The van der Waals surface area contributed by atoms with Gasteiger partial charge in [-0.05, 0) is 43.5 Å². The van der Waals surface area contributed by atoms with Gasteiger partial charge in [0.25, 0.3) is 0 Å². The summed E-state index contributed by atoms with van der Waals surface area (Å²) >= 11 is 5.91. The predicted molar refractivity (Wildman–Crippen MR) is 103 cm³/mol. The number of piperidine rings is 1. The highest BCUT2D eigenvalue weighted by Gasteiger charge is 2.35. The van der Waals surface area contributed by atoms with Crippen molar-refractivity contribution < 1.29 is 14.4 Å². The van der Waals surface area contributed by atoms with Gasteiger partial charge in [-0.25, -0.2) is 0 Å². The fraction of sp³-hybridized carbons (Fsp3) is 0.500. The summed E-state index contributed by atoms with van der Waals surface area (Å²) in [4.78, 5) is 19.0. The van der Waals surface area contributed by atoms with Gasteiger partial charge in [-0.3, -0.25) is 4.79 Å². The monoisotopic (exact) mass is 412 g/mol. The molecule has 3 heterocycles. The standard InChI is InChI=1S/C18H21ClN4O3.ClH/c19-13-5-3-11(4-6-13)16-21-17(26-22-16)12-2-1-7-23(10-12)18(25)15-8-14(24)9-20-15;/h3-6,12,14-15,20,24H,1-2,7-10H2;1H. The first-order valence-electron chi connectivity index (χ1n) is 8.90. The van der Waals surface area contributed by atoms with Crippen LogP contribution in [0.25, 0.3) is 11.4 Å². The number of halogens is 2. The van der Waals surface area contributed by atoms with E-state index in [2.05, 4.69) is 15.5 Å². The molecule has 2 saturated heterocycles. The average Bonchev–Trinajstić information content (AvgIpc) is 3.31. The summed E-state index contributed by atoms with van der Waals surface area (Å²) in [5, 5.41) is 17.4. The zero-order chi connectivity index (χ0) is 18.1. The van der Waals surface area contributed by atoms with E-state index in [1.807, 2.05) is 17.0 Å². The molecule has 146 valence electrons. The Morgan fingerprint density at radius 3 is 2.81 bits per heavy atom. The highest BCUT2D eigenvalue weighted by molar-refractivity contribution is 6.30. The van der Waals surface area contributed by atoms with E-state index in [0.29, 0.717) is 36.2 Å². The minimum atomic E-state index is -0.442. The van der Waals surface area contributed by atoms with E-state index in [0.717, 1.165) is 24.9 Å². The molecule has 0 saturated carbocycles. The van der Waals surface area contributed by atoms with Crippen molar-refractivity contribution in [3.05, 3.63) is 35.2 Å². The Kier molecular flexibility index (Phi) is 6.37. The molecule has 2 aliphatic rings. The van der Waals surface area contributed by atoms with Gasteiger partial charge in [0, 0.05) is 30.2 Å². The minimum Gasteiger partial charge on any atom is -0.392 e. The van der Waals surface area contributed by atoms with Crippen LogP contribution in [0.15, 0.2) is 28.8 Å². The number of hydrogen-bond donors (Lipinski definition) is 2. The van der Waals surface area contributed by atoms with Crippen LogP contribution in [0.4, 0.5) is 0 Å². The van der Waals surface area contributed by atoms with Crippen LogP contribution in [-0.2, 0) is 4.79 Å². The van der Waals surface area contributed by atoms with E-state index in [9.17, 15) is 9.90 Å². The van der Waals surface area contributed by atoms with Gasteiger partial charge in [-0.2, -0.15) is 4.98 Å². The lowest BCUT2D eigenvalue weighted by Crippen LogP contribution is -2.47. The minimum absolute atomic E-state index is 0. The Morgan fingerprint density at radius 1 is 1.33 bits per heavy atom. The number of carbonyl (C=O) groups excluding carboxylic acids is 1. The van der Waals surface area contributed by atoms with E-state index in [-0.39, 0.29) is 30.3 Å². The Labute approximate surface area is 168 Å². The Hall–Kier alpha value is -1.67. The number of aliphatic hydroxyl groups excluding tert-OH is 1. The molecular formula is C18H22Cl2N4O3. The molecule has 2 aromatic rings. The molecule has 7 nitrogen and oxygen atoms in total. The zero-order valence-corrected chi connectivity index (χ0v) is 16.2. The number of aliphatic hydroxyl groups is 1. The summed E-state index contributed by atoms with van der Waals surface area (Å²) in [6.45, 7) is 1.76. The van der Waals surface area contributed by atoms with Gasteiger partial charge in [0.1, 0.15) is 0 Å². The number of likely N-dealkylation sites (tertiary alicyclic amines) is 1. The average molecular weight is 413 g/mol. The predicted octanol–water partition coefficient (Wildman–Crippen LogP) is 2.24. The molecule has 3 unspecified atom stereocenters. The molecule has 2 N–H and O–H groups in total. The number of hydrogen-bond acceptors (Lipinski definition) is 6. The summed E-state index contributed by atoms with van der Waals surface area (Å²) in [6, 6.07) is 6.99. The van der Waals surface area contributed by atoms with Crippen LogP contribution in [0.5, 0.6) is 0 Å². The Balaban J connectivity index is 0.00000210. The van der Waals surface area contributed by atoms with Crippen LogP contribution in [-0.4, -0.2) is 57.8 Å². The molecule has 1 aromatic heterocycles.